The highest BCUT2D eigenvalue weighted by molar-refractivity contribution is 6.33. The van der Waals surface area contributed by atoms with Crippen molar-refractivity contribution in [3.05, 3.63) is 58.1 Å². The van der Waals surface area contributed by atoms with Crippen molar-refractivity contribution in [2.75, 3.05) is 5.73 Å². The number of halogens is 1. The lowest BCUT2D eigenvalue weighted by Gasteiger charge is -2.12. The van der Waals surface area contributed by atoms with Gasteiger partial charge in [0.05, 0.1) is 10.7 Å². The summed E-state index contributed by atoms with van der Waals surface area (Å²) >= 11 is 5.95. The van der Waals surface area contributed by atoms with E-state index in [1.54, 1.807) is 12.1 Å². The van der Waals surface area contributed by atoms with Gasteiger partial charge in [-0.15, -0.1) is 0 Å². The molecule has 2 aromatic carbocycles. The van der Waals surface area contributed by atoms with Crippen LogP contribution in [0.2, 0.25) is 5.02 Å². The van der Waals surface area contributed by atoms with Crippen LogP contribution in [-0.2, 0) is 6.61 Å². The van der Waals surface area contributed by atoms with Crippen LogP contribution in [-0.4, -0.2) is 0 Å². The summed E-state index contributed by atoms with van der Waals surface area (Å²) in [5.41, 5.74) is 9.90. The maximum atomic E-state index is 5.95. The lowest BCUT2D eigenvalue weighted by molar-refractivity contribution is 0.304. The Balaban J connectivity index is 2.14. The van der Waals surface area contributed by atoms with Gasteiger partial charge >= 0.3 is 0 Å². The molecule has 0 heterocycles. The summed E-state index contributed by atoms with van der Waals surface area (Å²) < 4.78 is 5.75. The minimum Gasteiger partial charge on any atom is -0.489 e. The summed E-state index contributed by atoms with van der Waals surface area (Å²) in [6.45, 7) is 4.71. The number of nitrogen functional groups attached to an aromatic ring is 1. The Morgan fingerprint density at radius 2 is 1.78 bits per heavy atom. The Kier molecular flexibility index (Phi) is 3.78. The lowest BCUT2D eigenvalue weighted by atomic mass is 10.0. The fourth-order valence-electron chi connectivity index (χ4n) is 1.83. The van der Waals surface area contributed by atoms with Crippen LogP contribution in [0, 0.1) is 13.8 Å². The van der Waals surface area contributed by atoms with Crippen LogP contribution in [0.4, 0.5) is 5.69 Å². The summed E-state index contributed by atoms with van der Waals surface area (Å²) in [6.07, 6.45) is 0. The number of ether oxygens (including phenoxy) is 1. The highest BCUT2D eigenvalue weighted by Gasteiger charge is 2.04. The van der Waals surface area contributed by atoms with Crippen molar-refractivity contribution >= 4 is 17.3 Å². The molecule has 2 nitrogen and oxygen atoms in total. The smallest absolute Gasteiger partial charge is 0.121 e. The molecule has 0 bridgehead atoms. The zero-order valence-corrected chi connectivity index (χ0v) is 11.3. The molecule has 2 rings (SSSR count). The molecule has 0 amide bonds. The van der Waals surface area contributed by atoms with Gasteiger partial charge in [-0.1, -0.05) is 29.8 Å². The van der Waals surface area contributed by atoms with E-state index in [9.17, 15) is 0 Å². The number of hydrogen-bond donors (Lipinski definition) is 1. The van der Waals surface area contributed by atoms with Crippen LogP contribution >= 0.6 is 11.6 Å². The molecule has 0 aliphatic heterocycles. The molecule has 0 unspecified atom stereocenters. The quantitative estimate of drug-likeness (QED) is 0.844. The molecule has 18 heavy (non-hydrogen) atoms. The summed E-state index contributed by atoms with van der Waals surface area (Å²) in [7, 11) is 0. The average molecular weight is 262 g/mol. The molecular formula is C15H16ClNO. The molecule has 0 fully saturated rings. The second-order valence-corrected chi connectivity index (χ2v) is 4.75. The van der Waals surface area contributed by atoms with Gasteiger partial charge in [-0.2, -0.15) is 0 Å². The van der Waals surface area contributed by atoms with Crippen molar-refractivity contribution in [2.45, 2.75) is 20.5 Å². The van der Waals surface area contributed by atoms with Gasteiger partial charge in [0.25, 0.3) is 0 Å². The third kappa shape index (κ3) is 2.77. The van der Waals surface area contributed by atoms with Crippen molar-refractivity contribution in [1.29, 1.82) is 0 Å². The molecule has 0 saturated carbocycles. The number of hydrogen-bond acceptors (Lipinski definition) is 2. The standard InChI is InChI=1S/C15H16ClNO/c1-10-4-3-5-11(2)13(10)9-18-12-6-7-15(17)14(16)8-12/h3-8H,9,17H2,1-2H3. The molecule has 0 aromatic heterocycles. The average Bonchev–Trinajstić information content (AvgIpc) is 2.33. The Bertz CT molecular complexity index is 546. The molecule has 0 aliphatic carbocycles. The van der Waals surface area contributed by atoms with Crippen molar-refractivity contribution < 1.29 is 4.74 Å². The number of nitrogens with two attached hydrogens (primary N) is 1. The molecule has 0 radical (unpaired) electrons. The van der Waals surface area contributed by atoms with Gasteiger partial charge in [-0.05, 0) is 42.7 Å². The Hall–Kier alpha value is -1.67. The molecule has 0 saturated heterocycles. The van der Waals surface area contributed by atoms with Crippen LogP contribution in [0.3, 0.4) is 0 Å². The zero-order valence-electron chi connectivity index (χ0n) is 10.5. The van der Waals surface area contributed by atoms with E-state index in [-0.39, 0.29) is 0 Å². The molecular weight excluding hydrogens is 246 g/mol. The maximum Gasteiger partial charge on any atom is 0.121 e. The maximum absolute atomic E-state index is 5.95. The van der Waals surface area contributed by atoms with Gasteiger partial charge in [0.1, 0.15) is 12.4 Å². The zero-order chi connectivity index (χ0) is 13.1. The van der Waals surface area contributed by atoms with E-state index in [0.717, 1.165) is 5.75 Å². The van der Waals surface area contributed by atoms with Crippen LogP contribution in [0.25, 0.3) is 0 Å². The van der Waals surface area contributed by atoms with E-state index < -0.39 is 0 Å². The topological polar surface area (TPSA) is 35.2 Å². The molecule has 94 valence electrons. The van der Waals surface area contributed by atoms with Crippen LogP contribution < -0.4 is 10.5 Å². The number of benzene rings is 2. The second kappa shape index (κ2) is 5.32. The van der Waals surface area contributed by atoms with Gasteiger partial charge in [-0.3, -0.25) is 0 Å². The van der Waals surface area contributed by atoms with Crippen molar-refractivity contribution in [3.8, 4) is 5.75 Å². The van der Waals surface area contributed by atoms with Crippen LogP contribution in [0.15, 0.2) is 36.4 Å². The van der Waals surface area contributed by atoms with Crippen LogP contribution in [0.1, 0.15) is 16.7 Å². The number of anilines is 1. The molecule has 2 aromatic rings. The molecule has 0 spiro atoms. The van der Waals surface area contributed by atoms with Gasteiger partial charge in [-0.25, -0.2) is 0 Å². The summed E-state index contributed by atoms with van der Waals surface area (Å²) in [5.74, 6) is 0.733. The molecule has 0 aliphatic rings. The molecule has 2 N–H and O–H groups in total. The number of rotatable bonds is 3. The third-order valence-corrected chi connectivity index (χ3v) is 3.33. The van der Waals surface area contributed by atoms with Crippen LogP contribution in [0.5, 0.6) is 5.75 Å². The van der Waals surface area contributed by atoms with Gasteiger partial charge in [0.2, 0.25) is 0 Å². The first-order valence-electron chi connectivity index (χ1n) is 5.81. The minimum absolute atomic E-state index is 0.522. The van der Waals surface area contributed by atoms with Gasteiger partial charge < -0.3 is 10.5 Å². The van der Waals surface area contributed by atoms with Crippen molar-refractivity contribution in [2.24, 2.45) is 0 Å². The van der Waals surface area contributed by atoms with Gasteiger partial charge in [0, 0.05) is 6.07 Å². The van der Waals surface area contributed by atoms with E-state index >= 15 is 0 Å². The Morgan fingerprint density at radius 1 is 1.11 bits per heavy atom. The predicted octanol–water partition coefficient (Wildman–Crippen LogP) is 4.12. The lowest BCUT2D eigenvalue weighted by Crippen LogP contribution is -2.00. The Labute approximate surface area is 112 Å². The first-order chi connectivity index (χ1) is 8.58. The van der Waals surface area contributed by atoms with Crippen molar-refractivity contribution in [3.63, 3.8) is 0 Å². The molecule has 3 heteroatoms. The third-order valence-electron chi connectivity index (χ3n) is 3.00. The van der Waals surface area contributed by atoms with E-state index in [1.165, 1.54) is 16.7 Å². The normalized spacial score (nSPS) is 10.4. The number of aryl methyl sites for hydroxylation is 2. The first-order valence-corrected chi connectivity index (χ1v) is 6.18. The van der Waals surface area contributed by atoms with Gasteiger partial charge in [0.15, 0.2) is 0 Å². The Morgan fingerprint density at radius 3 is 2.39 bits per heavy atom. The monoisotopic (exact) mass is 261 g/mol. The van der Waals surface area contributed by atoms with E-state index in [4.69, 9.17) is 22.1 Å². The first kappa shape index (κ1) is 12.8. The van der Waals surface area contributed by atoms with E-state index in [0.29, 0.717) is 17.3 Å². The minimum atomic E-state index is 0.522. The van der Waals surface area contributed by atoms with Crippen molar-refractivity contribution in [1.82, 2.24) is 0 Å². The summed E-state index contributed by atoms with van der Waals surface area (Å²) in [6, 6.07) is 11.5. The summed E-state index contributed by atoms with van der Waals surface area (Å²) in [5, 5.41) is 0.522. The largest absolute Gasteiger partial charge is 0.489 e. The molecule has 0 atom stereocenters. The fraction of sp³-hybridized carbons (Fsp3) is 0.200. The predicted molar refractivity (Wildman–Crippen MR) is 76.1 cm³/mol. The second-order valence-electron chi connectivity index (χ2n) is 4.34. The van der Waals surface area contributed by atoms with E-state index in [1.807, 2.05) is 12.1 Å². The van der Waals surface area contributed by atoms with E-state index in [2.05, 4.69) is 26.0 Å². The highest BCUT2D eigenvalue weighted by Crippen LogP contribution is 2.25. The SMILES string of the molecule is Cc1cccc(C)c1COc1ccc(N)c(Cl)c1. The summed E-state index contributed by atoms with van der Waals surface area (Å²) in [4.78, 5) is 0. The highest BCUT2D eigenvalue weighted by atomic mass is 35.5. The fourth-order valence-corrected chi connectivity index (χ4v) is 2.00.